The van der Waals surface area contributed by atoms with E-state index >= 15 is 0 Å². The molecule has 1 aromatic heterocycles. The molecule has 182 valence electrons. The second kappa shape index (κ2) is 9.23. The van der Waals surface area contributed by atoms with Crippen LogP contribution in [0, 0.1) is 0 Å². The Hall–Kier alpha value is -2.57. The van der Waals surface area contributed by atoms with Gasteiger partial charge in [-0.3, -0.25) is 10.1 Å². The van der Waals surface area contributed by atoms with Crippen molar-refractivity contribution in [3.8, 4) is 16.9 Å². The fourth-order valence-corrected chi connectivity index (χ4v) is 5.67. The number of aliphatic imine (C=N–C) groups is 1. The number of hydrogen-bond donors (Lipinski definition) is 3. The Labute approximate surface area is 207 Å². The van der Waals surface area contributed by atoms with Crippen molar-refractivity contribution in [2.24, 2.45) is 4.99 Å². The van der Waals surface area contributed by atoms with E-state index in [1.165, 1.54) is 11.3 Å². The first-order valence-corrected chi connectivity index (χ1v) is 12.4. The van der Waals surface area contributed by atoms with E-state index in [4.69, 9.17) is 16.6 Å². The maximum absolute atomic E-state index is 10.9. The van der Waals surface area contributed by atoms with E-state index in [1.807, 2.05) is 18.3 Å². The highest BCUT2D eigenvalue weighted by atomic mass is 35.5. The summed E-state index contributed by atoms with van der Waals surface area (Å²) in [5.74, 6) is 0.173. The Morgan fingerprint density at radius 2 is 1.85 bits per heavy atom. The van der Waals surface area contributed by atoms with Crippen LogP contribution in [0.15, 0.2) is 52.9 Å². The van der Waals surface area contributed by atoms with E-state index in [0.29, 0.717) is 16.8 Å². The molecule has 2 aliphatic heterocycles. The Bertz CT molecular complexity index is 1140. The fraction of sp³-hybridized carbons (Fsp3) is 0.481. The summed E-state index contributed by atoms with van der Waals surface area (Å²) in [5, 5.41) is 21.8. The number of benzene rings is 1. The number of aromatic hydroxyl groups is 1. The molecule has 0 atom stereocenters. The van der Waals surface area contributed by atoms with Crippen LogP contribution in [0.3, 0.4) is 0 Å². The third-order valence-electron chi connectivity index (χ3n) is 6.90. The van der Waals surface area contributed by atoms with Crippen LogP contribution >= 0.6 is 11.6 Å². The quantitative estimate of drug-likeness (QED) is 0.486. The highest BCUT2D eigenvalue weighted by Gasteiger charge is 2.39. The number of aromatic nitrogens is 2. The third kappa shape index (κ3) is 5.23. The van der Waals surface area contributed by atoms with Crippen LogP contribution in [0.4, 0.5) is 0 Å². The van der Waals surface area contributed by atoms with Gasteiger partial charge in [-0.2, -0.15) is 5.10 Å². The van der Waals surface area contributed by atoms with Gasteiger partial charge in [-0.1, -0.05) is 30.2 Å². The lowest BCUT2D eigenvalue weighted by Crippen LogP contribution is -2.61. The maximum Gasteiger partial charge on any atom is 0.132 e. The second-order valence-corrected chi connectivity index (χ2v) is 11.2. The molecule has 0 radical (unpaired) electrons. The summed E-state index contributed by atoms with van der Waals surface area (Å²) in [7, 11) is 2.20. The summed E-state index contributed by atoms with van der Waals surface area (Å²) in [6.45, 7) is 11.3. The lowest BCUT2D eigenvalue weighted by molar-refractivity contribution is 0.0975. The molecule has 34 heavy (non-hydrogen) atoms. The first-order valence-electron chi connectivity index (χ1n) is 12.0. The third-order valence-corrected chi connectivity index (χ3v) is 7.19. The van der Waals surface area contributed by atoms with Gasteiger partial charge in [0.2, 0.25) is 0 Å². The second-order valence-electron chi connectivity index (χ2n) is 10.9. The molecule has 1 aromatic carbocycles. The molecule has 2 aliphatic rings. The number of nitrogens with one attached hydrogen (secondary N) is 2. The monoisotopic (exact) mass is 481 g/mol. The molecule has 3 heterocycles. The minimum atomic E-state index is 0.0786. The van der Waals surface area contributed by atoms with E-state index in [1.54, 1.807) is 12.3 Å². The number of rotatable bonds is 5. The van der Waals surface area contributed by atoms with Gasteiger partial charge < -0.3 is 15.3 Å². The van der Waals surface area contributed by atoms with Crippen molar-refractivity contribution < 1.29 is 5.11 Å². The molecule has 0 amide bonds. The number of hydrogen-bond acceptors (Lipinski definition) is 5. The zero-order valence-electron chi connectivity index (χ0n) is 21.0. The topological polar surface area (TPSA) is 76.5 Å². The van der Waals surface area contributed by atoms with Gasteiger partial charge in [-0.15, -0.1) is 0 Å². The Morgan fingerprint density at radius 3 is 2.44 bits per heavy atom. The highest BCUT2D eigenvalue weighted by Crippen LogP contribution is 2.35. The van der Waals surface area contributed by atoms with E-state index < -0.39 is 0 Å². The number of halogens is 1. The molecule has 0 saturated carbocycles. The lowest BCUT2D eigenvalue weighted by atomic mass is 9.79. The van der Waals surface area contributed by atoms with Crippen LogP contribution in [0.25, 0.3) is 11.1 Å². The summed E-state index contributed by atoms with van der Waals surface area (Å²) in [6, 6.07) is 5.99. The average Bonchev–Trinajstić information content (AvgIpc) is 3.05. The Morgan fingerprint density at radius 1 is 1.15 bits per heavy atom. The molecule has 7 heteroatoms. The van der Waals surface area contributed by atoms with Gasteiger partial charge in [0.05, 0.1) is 11.9 Å². The Balaban J connectivity index is 1.64. The number of phenolic OH excluding ortho intramolecular Hbond substituents is 1. The molecule has 1 fully saturated rings. The van der Waals surface area contributed by atoms with Gasteiger partial charge >= 0.3 is 0 Å². The number of nitrogens with zero attached hydrogens (tertiary/aromatic N) is 3. The molecular formula is C27H36ClN5O. The number of aromatic amines is 1. The molecule has 1 saturated heterocycles. The number of H-pyrrole nitrogens is 1. The molecule has 0 aliphatic carbocycles. The van der Waals surface area contributed by atoms with Crippen LogP contribution < -0.4 is 5.32 Å². The number of phenols is 1. The van der Waals surface area contributed by atoms with Gasteiger partial charge in [0.15, 0.2) is 0 Å². The lowest BCUT2D eigenvalue weighted by Gasteiger charge is -2.49. The van der Waals surface area contributed by atoms with Crippen molar-refractivity contribution in [3.63, 3.8) is 0 Å². The van der Waals surface area contributed by atoms with E-state index in [-0.39, 0.29) is 16.8 Å². The average molecular weight is 482 g/mol. The summed E-state index contributed by atoms with van der Waals surface area (Å²) in [4.78, 5) is 7.27. The predicted molar refractivity (Wildman–Crippen MR) is 140 cm³/mol. The highest BCUT2D eigenvalue weighted by molar-refractivity contribution is 6.32. The summed E-state index contributed by atoms with van der Waals surface area (Å²) < 4.78 is 0. The van der Waals surface area contributed by atoms with Gasteiger partial charge in [-0.25, -0.2) is 0 Å². The summed E-state index contributed by atoms with van der Waals surface area (Å²) >= 11 is 6.17. The SMILES string of the molecule is CCC1=CC(c2ccc(-c3cn[nH]c3Cl)cc2O)=NC=C(N(C)C2CC(C)(C)NC(C)(C)C2)C1. The molecule has 3 N–H and O–H groups in total. The van der Waals surface area contributed by atoms with Crippen molar-refractivity contribution in [2.45, 2.75) is 77.4 Å². The maximum atomic E-state index is 10.9. The van der Waals surface area contributed by atoms with Crippen molar-refractivity contribution >= 4 is 17.3 Å². The van der Waals surface area contributed by atoms with Crippen LogP contribution in [0.2, 0.25) is 5.15 Å². The summed E-state index contributed by atoms with van der Waals surface area (Å²) in [5.41, 5.74) is 5.71. The largest absolute Gasteiger partial charge is 0.507 e. The molecule has 6 nitrogen and oxygen atoms in total. The number of piperidine rings is 1. The number of allylic oxidation sites excluding steroid dienone is 2. The molecule has 0 bridgehead atoms. The van der Waals surface area contributed by atoms with E-state index in [0.717, 1.165) is 42.5 Å². The predicted octanol–water partition coefficient (Wildman–Crippen LogP) is 6.05. The zero-order valence-corrected chi connectivity index (χ0v) is 21.8. The minimum absolute atomic E-state index is 0.0786. The van der Waals surface area contributed by atoms with Crippen LogP contribution in [0.1, 0.15) is 65.9 Å². The van der Waals surface area contributed by atoms with Gasteiger partial charge in [0.25, 0.3) is 0 Å². The first kappa shape index (κ1) is 24.6. The summed E-state index contributed by atoms with van der Waals surface area (Å²) in [6.07, 6.45) is 9.69. The standard InChI is InChI=1S/C27H36ClN5O/c1-7-17-10-19(33(6)20-13-26(2,3)32-27(4,5)14-20)15-29-23(11-17)21-9-8-18(12-24(21)34)22-16-30-31-25(22)28/h8-9,11-12,15-16,20,32,34H,7,10,13-14H2,1-6H3,(H,30,31). The molecular weight excluding hydrogens is 446 g/mol. The van der Waals surface area contributed by atoms with Gasteiger partial charge in [-0.05, 0) is 70.7 Å². The normalized spacial score (nSPS) is 20.3. The van der Waals surface area contributed by atoms with E-state index in [2.05, 4.69) is 68.2 Å². The Kier molecular flexibility index (Phi) is 6.67. The van der Waals surface area contributed by atoms with Gasteiger partial charge in [0.1, 0.15) is 10.9 Å². The molecule has 0 unspecified atom stereocenters. The van der Waals surface area contributed by atoms with Crippen molar-refractivity contribution in [1.82, 2.24) is 20.4 Å². The molecule has 0 spiro atoms. The van der Waals surface area contributed by atoms with Crippen LogP contribution in [0.5, 0.6) is 5.75 Å². The van der Waals surface area contributed by atoms with Crippen molar-refractivity contribution in [2.75, 3.05) is 7.05 Å². The van der Waals surface area contributed by atoms with Crippen molar-refractivity contribution in [1.29, 1.82) is 0 Å². The molecule has 2 aromatic rings. The van der Waals surface area contributed by atoms with Crippen LogP contribution in [-0.4, -0.2) is 50.1 Å². The first-order chi connectivity index (χ1) is 16.0. The van der Waals surface area contributed by atoms with E-state index in [9.17, 15) is 5.11 Å². The smallest absolute Gasteiger partial charge is 0.132 e. The van der Waals surface area contributed by atoms with Crippen LogP contribution in [-0.2, 0) is 0 Å². The van der Waals surface area contributed by atoms with Gasteiger partial charge in [0, 0.05) is 53.6 Å². The zero-order chi connectivity index (χ0) is 24.7. The van der Waals surface area contributed by atoms with Crippen molar-refractivity contribution in [3.05, 3.63) is 58.7 Å². The fourth-order valence-electron chi connectivity index (χ4n) is 5.46. The minimum Gasteiger partial charge on any atom is -0.507 e. The molecule has 4 rings (SSSR count).